The molecule has 0 saturated heterocycles. The van der Waals surface area contributed by atoms with E-state index in [1.54, 1.807) is 18.8 Å². The van der Waals surface area contributed by atoms with Crippen LogP contribution in [0.4, 0.5) is 28.4 Å². The van der Waals surface area contributed by atoms with E-state index in [1.165, 1.54) is 22.3 Å². The summed E-state index contributed by atoms with van der Waals surface area (Å²) < 4.78 is 0. The summed E-state index contributed by atoms with van der Waals surface area (Å²) in [6, 6.07) is 46.4. The summed E-state index contributed by atoms with van der Waals surface area (Å²) in [7, 11) is 6.64. The molecular weight excluding hydrogens is 707 g/mol. The van der Waals surface area contributed by atoms with Crippen LogP contribution in [0.15, 0.2) is 134 Å². The van der Waals surface area contributed by atoms with Crippen molar-refractivity contribution in [1.82, 2.24) is 4.90 Å². The van der Waals surface area contributed by atoms with Crippen molar-refractivity contribution >= 4 is 37.9 Å². The molecule has 4 nitrogen and oxygen atoms in total. The molecule has 0 N–H and O–H groups in total. The average molecular weight is 734 g/mol. The Morgan fingerprint density at radius 3 is 1.68 bits per heavy atom. The van der Waals surface area contributed by atoms with Gasteiger partial charge in [-0.3, -0.25) is 0 Å². The Balaban J connectivity index is 0.00000148. The van der Waals surface area contributed by atoms with Crippen molar-refractivity contribution in [1.29, 1.82) is 0 Å². The predicted octanol–water partition coefficient (Wildman–Crippen LogP) is 9.26. The summed E-state index contributed by atoms with van der Waals surface area (Å²) in [5.41, 5.74) is 10.1. The fraction of sp³-hybridized carbons (Fsp3) is 0.0286. The van der Waals surface area contributed by atoms with Crippen molar-refractivity contribution in [2.24, 2.45) is 0 Å². The molecule has 2 aliphatic heterocycles. The van der Waals surface area contributed by atoms with Crippen LogP contribution in [0.3, 0.4) is 0 Å². The molecule has 0 unspecified atom stereocenters. The summed E-state index contributed by atoms with van der Waals surface area (Å²) in [4.78, 5) is 8.68. The Hall–Kier alpha value is -3.98. The van der Waals surface area contributed by atoms with Crippen molar-refractivity contribution in [3.05, 3.63) is 153 Å². The molecule has 41 heavy (non-hydrogen) atoms. The van der Waals surface area contributed by atoms with Crippen LogP contribution in [0.2, 0.25) is 0 Å². The number of rotatable bonds is 5. The zero-order valence-corrected chi connectivity index (χ0v) is 25.4. The van der Waals surface area contributed by atoms with Crippen molar-refractivity contribution in [2.75, 3.05) is 21.7 Å². The van der Waals surface area contributed by atoms with Gasteiger partial charge in [-0.2, -0.15) is 12.7 Å². The van der Waals surface area contributed by atoms with E-state index in [9.17, 15) is 0 Å². The van der Waals surface area contributed by atoms with Crippen LogP contribution < -0.4 is 14.7 Å². The second kappa shape index (κ2) is 12.3. The molecule has 0 fully saturated rings. The molecular formula is C35H27ClN4Pt-3. The van der Waals surface area contributed by atoms with Crippen LogP contribution in [0.25, 0.3) is 22.3 Å². The Labute approximate surface area is 257 Å². The third-order valence-electron chi connectivity index (χ3n) is 7.15. The minimum atomic E-state index is 0.984. The monoisotopic (exact) mass is 733 g/mol. The fourth-order valence-electron chi connectivity index (χ4n) is 5.31. The zero-order valence-electron chi connectivity index (χ0n) is 22.3. The predicted molar refractivity (Wildman–Crippen MR) is 167 cm³/mol. The number of nitrogens with zero attached hydrogens (tertiary/aromatic N) is 4. The Bertz CT molecular complexity index is 1600. The molecule has 0 atom stereocenters. The van der Waals surface area contributed by atoms with E-state index in [0.29, 0.717) is 0 Å². The van der Waals surface area contributed by atoms with E-state index in [4.69, 9.17) is 0 Å². The third-order valence-corrected chi connectivity index (χ3v) is 7.15. The number of para-hydroxylation sites is 3. The summed E-state index contributed by atoms with van der Waals surface area (Å²) in [5, 5.41) is 0. The van der Waals surface area contributed by atoms with Gasteiger partial charge in [-0.1, -0.05) is 91.0 Å². The molecule has 0 radical (unpaired) electrons. The van der Waals surface area contributed by atoms with Gasteiger partial charge in [-0.05, 0) is 42.7 Å². The van der Waals surface area contributed by atoms with Crippen molar-refractivity contribution in [2.45, 2.75) is 0 Å². The second-order valence-corrected chi connectivity index (χ2v) is 9.69. The Morgan fingerprint density at radius 1 is 0.561 bits per heavy atom. The molecule has 0 aromatic heterocycles. The Morgan fingerprint density at radius 2 is 1.10 bits per heavy atom. The van der Waals surface area contributed by atoms with Gasteiger partial charge in [-0.25, -0.2) is 0 Å². The van der Waals surface area contributed by atoms with Crippen molar-refractivity contribution < 1.29 is 18.8 Å². The van der Waals surface area contributed by atoms with Crippen LogP contribution in [0.1, 0.15) is 0 Å². The number of halogens is 1. The molecule has 0 bridgehead atoms. The Kier molecular flexibility index (Phi) is 8.13. The van der Waals surface area contributed by atoms with Crippen molar-refractivity contribution in [3.8, 4) is 22.3 Å². The maximum absolute atomic E-state index is 4.61. The van der Waals surface area contributed by atoms with Gasteiger partial charge in [0.2, 0.25) is 0 Å². The molecule has 0 spiro atoms. The molecule has 0 saturated carbocycles. The summed E-state index contributed by atoms with van der Waals surface area (Å²) in [6.45, 7) is 4.25. The van der Waals surface area contributed by atoms with Gasteiger partial charge in [-0.15, -0.1) is 36.2 Å². The van der Waals surface area contributed by atoms with Gasteiger partial charge in [0, 0.05) is 28.2 Å². The molecule has 207 valence electrons. The maximum atomic E-state index is 4.61. The minimum absolute atomic E-state index is 0.984. The molecule has 2 heterocycles. The van der Waals surface area contributed by atoms with E-state index in [-0.39, 0.29) is 0 Å². The van der Waals surface area contributed by atoms with E-state index < -0.39 is 0 Å². The second-order valence-electron chi connectivity index (χ2n) is 9.69. The standard InChI is InChI=1S/C35H27N4.ClH.Pt/c1-36-22-23-37(25-36)29-16-10-17-30(24-29)38-26-39(34-21-9-8-20-33(34)38)35-31(27-12-4-2-5-13-27)18-11-19-32(35)28-14-6-3-7-15-28;;/h2-23,25-26H,1H3;1H;/q-3;;+1/p-1. The number of anilines is 5. The van der Waals surface area contributed by atoms with Gasteiger partial charge in [0.15, 0.2) is 0 Å². The number of hydrogen-bond donors (Lipinski definition) is 0. The molecule has 2 aliphatic rings. The first kappa shape index (κ1) is 27.2. The molecule has 5 aromatic carbocycles. The van der Waals surface area contributed by atoms with E-state index in [0.717, 1.165) is 28.4 Å². The summed E-state index contributed by atoms with van der Waals surface area (Å²) >= 11 is 1.61. The average Bonchev–Trinajstić information content (AvgIpc) is 3.66. The zero-order chi connectivity index (χ0) is 28.2. The van der Waals surface area contributed by atoms with Gasteiger partial charge in [0.25, 0.3) is 0 Å². The summed E-state index contributed by atoms with van der Waals surface area (Å²) in [6.07, 6.45) is 4.08. The van der Waals surface area contributed by atoms with Gasteiger partial charge in [0.1, 0.15) is 0 Å². The number of benzene rings is 5. The van der Waals surface area contributed by atoms with Crippen molar-refractivity contribution in [3.63, 3.8) is 0 Å². The first-order valence-corrected chi connectivity index (χ1v) is 16.0. The topological polar surface area (TPSA) is 13.0 Å². The first-order chi connectivity index (χ1) is 20.3. The van der Waals surface area contributed by atoms with Gasteiger partial charge < -0.3 is 19.6 Å². The van der Waals surface area contributed by atoms with Crippen LogP contribution in [-0.2, 0) is 18.8 Å². The quantitative estimate of drug-likeness (QED) is 0.167. The van der Waals surface area contributed by atoms with Gasteiger partial charge in [0.05, 0.1) is 0 Å². The van der Waals surface area contributed by atoms with Crippen LogP contribution in [0.5, 0.6) is 0 Å². The first-order valence-electron chi connectivity index (χ1n) is 13.2. The van der Waals surface area contributed by atoms with E-state index >= 15 is 0 Å². The van der Waals surface area contributed by atoms with Crippen LogP contribution in [-0.4, -0.2) is 11.9 Å². The van der Waals surface area contributed by atoms with Gasteiger partial charge >= 0.3 is 28.2 Å². The normalized spacial score (nSPS) is 13.8. The summed E-state index contributed by atoms with van der Waals surface area (Å²) in [5.74, 6) is 0. The number of hydrogen-bond acceptors (Lipinski definition) is 4. The van der Waals surface area contributed by atoms with Crippen LogP contribution >= 0.6 is 9.42 Å². The van der Waals surface area contributed by atoms with E-state index in [1.807, 2.05) is 31.0 Å². The molecule has 6 heteroatoms. The third kappa shape index (κ3) is 5.38. The molecule has 7 rings (SSSR count). The van der Waals surface area contributed by atoms with E-state index in [2.05, 4.69) is 158 Å². The molecule has 0 aliphatic carbocycles. The SMILES string of the molecule is CN1C=CN(c2[c-]c(N3[CH-]N(c4c(-c5ccccc5)cccc4-c4ccccc4)c4ccccc43)ccc2)[CH-]1.[Cl][Pt]. The fourth-order valence-corrected chi connectivity index (χ4v) is 5.31. The molecule has 0 amide bonds. The molecule has 5 aromatic rings. The van der Waals surface area contributed by atoms with Crippen LogP contribution in [0, 0.1) is 19.4 Å². The number of fused-ring (bicyclic) bond motifs is 1.